The molecule has 4 aromatic rings. The Morgan fingerprint density at radius 1 is 0.788 bits per heavy atom. The van der Waals surface area contributed by atoms with Gasteiger partial charge in [-0.05, 0) is 52.3 Å². The average Bonchev–Trinajstić information content (AvgIpc) is 2.80. The van der Waals surface area contributed by atoms with Gasteiger partial charge in [0.25, 0.3) is 0 Å². The van der Waals surface area contributed by atoms with Gasteiger partial charge in [0.1, 0.15) is 5.75 Å². The molecule has 0 unspecified atom stereocenters. The fraction of sp³-hybridized carbons (Fsp3) is 0.0435. The number of halogens is 2. The summed E-state index contributed by atoms with van der Waals surface area (Å²) in [6.07, 6.45) is 1.63. The molecule has 33 heavy (non-hydrogen) atoms. The van der Waals surface area contributed by atoms with E-state index in [-0.39, 0.29) is 5.95 Å². The third-order valence-corrected chi connectivity index (χ3v) is 5.35. The van der Waals surface area contributed by atoms with Crippen molar-refractivity contribution >= 4 is 67.3 Å². The number of para-hydroxylation sites is 2. The number of rotatable bonds is 8. The fourth-order valence-electron chi connectivity index (χ4n) is 2.89. The number of nitrogens with one attached hydrogen (secondary N) is 3. The molecule has 0 fully saturated rings. The number of hydrazone groups is 1. The Morgan fingerprint density at radius 2 is 1.33 bits per heavy atom. The Hall–Kier alpha value is -3.50. The second-order valence-corrected chi connectivity index (χ2v) is 8.44. The predicted molar refractivity (Wildman–Crippen MR) is 139 cm³/mol. The number of methoxy groups -OCH3 is 1. The van der Waals surface area contributed by atoms with Gasteiger partial charge in [-0.3, -0.25) is 0 Å². The molecule has 0 aliphatic carbocycles. The number of ether oxygens (including phenoxy) is 1. The third kappa shape index (κ3) is 6.27. The number of anilines is 5. The first kappa shape index (κ1) is 22.7. The van der Waals surface area contributed by atoms with Gasteiger partial charge in [0.15, 0.2) is 0 Å². The summed E-state index contributed by atoms with van der Waals surface area (Å²) in [5.74, 6) is 1.67. The molecule has 0 spiro atoms. The highest BCUT2D eigenvalue weighted by Gasteiger charge is 2.09. The standard InChI is InChI=1S/C23H19Br2N7O/c1-33-20-15(12-16(24)13-19(20)25)14-26-32-23-30-21(27-17-8-4-2-5-9-17)29-22(31-23)28-18-10-6-3-7-11-18/h2-14H,1H3,(H3,27,28,29,30,31,32)/b26-14+. The monoisotopic (exact) mass is 567 g/mol. The number of hydrogen-bond acceptors (Lipinski definition) is 8. The van der Waals surface area contributed by atoms with Crippen LogP contribution in [0.15, 0.2) is 86.8 Å². The molecule has 0 saturated heterocycles. The molecule has 0 aliphatic heterocycles. The first-order valence-corrected chi connectivity index (χ1v) is 11.4. The van der Waals surface area contributed by atoms with Crippen molar-refractivity contribution in [1.29, 1.82) is 0 Å². The Labute approximate surface area is 207 Å². The molecular weight excluding hydrogens is 550 g/mol. The minimum absolute atomic E-state index is 0.270. The second-order valence-electron chi connectivity index (χ2n) is 6.67. The summed E-state index contributed by atoms with van der Waals surface area (Å²) >= 11 is 6.97. The van der Waals surface area contributed by atoms with Gasteiger partial charge in [-0.25, -0.2) is 5.43 Å². The quantitative estimate of drug-likeness (QED) is 0.168. The molecule has 0 amide bonds. The molecule has 1 aromatic heterocycles. The molecule has 10 heteroatoms. The molecule has 0 aliphatic rings. The molecule has 0 atom stereocenters. The number of aromatic nitrogens is 3. The van der Waals surface area contributed by atoms with Crippen LogP contribution in [0, 0.1) is 0 Å². The average molecular weight is 569 g/mol. The summed E-state index contributed by atoms with van der Waals surface area (Å²) in [5.41, 5.74) is 5.35. The van der Waals surface area contributed by atoms with Gasteiger partial charge < -0.3 is 15.4 Å². The molecule has 166 valence electrons. The van der Waals surface area contributed by atoms with Crippen molar-refractivity contribution in [2.75, 3.05) is 23.2 Å². The van der Waals surface area contributed by atoms with Crippen LogP contribution in [-0.2, 0) is 0 Å². The zero-order chi connectivity index (χ0) is 23.0. The lowest BCUT2D eigenvalue weighted by molar-refractivity contribution is 0.411. The van der Waals surface area contributed by atoms with Crippen molar-refractivity contribution in [3.8, 4) is 5.75 Å². The summed E-state index contributed by atoms with van der Waals surface area (Å²) in [7, 11) is 1.60. The SMILES string of the molecule is COc1c(Br)cc(Br)cc1/C=N/Nc1nc(Nc2ccccc2)nc(Nc2ccccc2)n1. The van der Waals surface area contributed by atoms with E-state index < -0.39 is 0 Å². The smallest absolute Gasteiger partial charge is 0.250 e. The van der Waals surface area contributed by atoms with Crippen LogP contribution in [0.5, 0.6) is 5.75 Å². The van der Waals surface area contributed by atoms with Gasteiger partial charge in [-0.2, -0.15) is 20.1 Å². The van der Waals surface area contributed by atoms with Crippen molar-refractivity contribution in [2.24, 2.45) is 5.10 Å². The van der Waals surface area contributed by atoms with Crippen LogP contribution in [0.1, 0.15) is 5.56 Å². The van der Waals surface area contributed by atoms with E-state index >= 15 is 0 Å². The number of hydrogen-bond donors (Lipinski definition) is 3. The molecule has 4 rings (SSSR count). The van der Waals surface area contributed by atoms with E-state index in [1.54, 1.807) is 13.3 Å². The van der Waals surface area contributed by atoms with Crippen molar-refractivity contribution in [3.05, 3.63) is 87.3 Å². The minimum Gasteiger partial charge on any atom is -0.495 e. The van der Waals surface area contributed by atoms with Gasteiger partial charge in [0.05, 0.1) is 17.8 Å². The highest BCUT2D eigenvalue weighted by Crippen LogP contribution is 2.31. The van der Waals surface area contributed by atoms with Gasteiger partial charge >= 0.3 is 0 Å². The Kier molecular flexibility index (Phi) is 7.48. The van der Waals surface area contributed by atoms with E-state index in [0.29, 0.717) is 17.6 Å². The summed E-state index contributed by atoms with van der Waals surface area (Å²) in [4.78, 5) is 13.3. The normalized spacial score (nSPS) is 10.8. The van der Waals surface area contributed by atoms with Gasteiger partial charge in [0.2, 0.25) is 17.8 Å². The van der Waals surface area contributed by atoms with Crippen LogP contribution in [0.2, 0.25) is 0 Å². The first-order valence-electron chi connectivity index (χ1n) is 9.83. The maximum absolute atomic E-state index is 5.46. The molecular formula is C23H19Br2N7O. The van der Waals surface area contributed by atoms with E-state index in [0.717, 1.165) is 25.9 Å². The zero-order valence-electron chi connectivity index (χ0n) is 17.5. The predicted octanol–water partition coefficient (Wildman–Crippen LogP) is 6.34. The Bertz CT molecular complexity index is 1190. The largest absolute Gasteiger partial charge is 0.495 e. The van der Waals surface area contributed by atoms with Crippen molar-refractivity contribution in [1.82, 2.24) is 15.0 Å². The Morgan fingerprint density at radius 3 is 1.88 bits per heavy atom. The lowest BCUT2D eigenvalue weighted by atomic mass is 10.2. The topological polar surface area (TPSA) is 96.4 Å². The van der Waals surface area contributed by atoms with Crippen molar-refractivity contribution < 1.29 is 4.74 Å². The fourth-order valence-corrected chi connectivity index (χ4v) is 4.31. The molecule has 3 N–H and O–H groups in total. The van der Waals surface area contributed by atoms with E-state index in [9.17, 15) is 0 Å². The second kappa shape index (κ2) is 10.9. The highest BCUT2D eigenvalue weighted by atomic mass is 79.9. The molecule has 8 nitrogen and oxygen atoms in total. The van der Waals surface area contributed by atoms with Crippen LogP contribution in [0.25, 0.3) is 0 Å². The molecule has 0 bridgehead atoms. The van der Waals surface area contributed by atoms with Crippen LogP contribution in [0.3, 0.4) is 0 Å². The molecule has 0 radical (unpaired) electrons. The number of benzene rings is 3. The summed E-state index contributed by atoms with van der Waals surface area (Å²) in [6, 6.07) is 23.1. The minimum atomic E-state index is 0.270. The summed E-state index contributed by atoms with van der Waals surface area (Å²) < 4.78 is 7.16. The summed E-state index contributed by atoms with van der Waals surface area (Å²) in [5, 5.41) is 10.7. The van der Waals surface area contributed by atoms with E-state index in [1.165, 1.54) is 0 Å². The lowest BCUT2D eigenvalue weighted by Crippen LogP contribution is -2.07. The summed E-state index contributed by atoms with van der Waals surface area (Å²) in [6.45, 7) is 0. The molecule has 1 heterocycles. The van der Waals surface area contributed by atoms with Crippen LogP contribution < -0.4 is 20.8 Å². The van der Waals surface area contributed by atoms with Crippen molar-refractivity contribution in [2.45, 2.75) is 0 Å². The van der Waals surface area contributed by atoms with Crippen LogP contribution in [0.4, 0.5) is 29.2 Å². The van der Waals surface area contributed by atoms with Gasteiger partial charge in [-0.15, -0.1) is 0 Å². The zero-order valence-corrected chi connectivity index (χ0v) is 20.6. The highest BCUT2D eigenvalue weighted by molar-refractivity contribution is 9.11. The van der Waals surface area contributed by atoms with Gasteiger partial charge in [-0.1, -0.05) is 52.3 Å². The van der Waals surface area contributed by atoms with Crippen LogP contribution >= 0.6 is 31.9 Å². The third-order valence-electron chi connectivity index (χ3n) is 4.30. The van der Waals surface area contributed by atoms with Gasteiger partial charge in [0, 0.05) is 21.4 Å². The molecule has 0 saturated carbocycles. The van der Waals surface area contributed by atoms with Crippen molar-refractivity contribution in [3.63, 3.8) is 0 Å². The van der Waals surface area contributed by atoms with E-state index in [2.05, 4.69) is 68.0 Å². The number of nitrogens with zero attached hydrogens (tertiary/aromatic N) is 4. The Balaban J connectivity index is 1.60. The van der Waals surface area contributed by atoms with E-state index in [1.807, 2.05) is 72.8 Å². The maximum Gasteiger partial charge on any atom is 0.250 e. The lowest BCUT2D eigenvalue weighted by Gasteiger charge is -2.10. The van der Waals surface area contributed by atoms with Crippen LogP contribution in [-0.4, -0.2) is 28.3 Å². The maximum atomic E-state index is 5.46. The molecule has 3 aromatic carbocycles. The first-order chi connectivity index (χ1) is 16.1. The van der Waals surface area contributed by atoms with E-state index in [4.69, 9.17) is 4.74 Å².